The summed E-state index contributed by atoms with van der Waals surface area (Å²) in [5.41, 5.74) is 2.96. The van der Waals surface area contributed by atoms with Gasteiger partial charge in [0.15, 0.2) is 0 Å². The molecule has 7 heteroatoms. The average molecular weight is 283 g/mol. The molecule has 0 heterocycles. The van der Waals surface area contributed by atoms with Crippen molar-refractivity contribution in [1.29, 1.82) is 0 Å². The van der Waals surface area contributed by atoms with Crippen molar-refractivity contribution in [2.24, 2.45) is 11.7 Å². The van der Waals surface area contributed by atoms with Crippen LogP contribution in [0.25, 0.3) is 0 Å². The van der Waals surface area contributed by atoms with Gasteiger partial charge in [0, 0.05) is 6.04 Å². The highest BCUT2D eigenvalue weighted by Gasteiger charge is 2.38. The van der Waals surface area contributed by atoms with Crippen LogP contribution in [0.3, 0.4) is 0 Å². The second-order valence-corrected chi connectivity index (χ2v) is 4.70. The Hall–Kier alpha value is -1.24. The van der Waals surface area contributed by atoms with Crippen molar-refractivity contribution in [2.45, 2.75) is 31.2 Å². The third-order valence-corrected chi connectivity index (χ3v) is 3.12. The monoisotopic (exact) mass is 283 g/mol. The number of hydrogen-bond donors (Lipinski definition) is 1. The molecule has 1 aliphatic rings. The summed E-state index contributed by atoms with van der Waals surface area (Å²) in [5.74, 6) is -0.0235. The topological polar surface area (TPSA) is 26.0 Å². The van der Waals surface area contributed by atoms with E-state index >= 15 is 0 Å². The number of alkyl halides is 6. The molecule has 1 aliphatic carbocycles. The van der Waals surface area contributed by atoms with Crippen molar-refractivity contribution in [2.75, 3.05) is 0 Å². The lowest BCUT2D eigenvalue weighted by molar-refractivity contribution is -0.143. The Balaban J connectivity index is 2.48. The van der Waals surface area contributed by atoms with Crippen molar-refractivity contribution in [1.82, 2.24) is 0 Å². The number of rotatable bonds is 2. The van der Waals surface area contributed by atoms with Crippen LogP contribution in [0.15, 0.2) is 18.2 Å². The first-order valence-electron chi connectivity index (χ1n) is 5.64. The van der Waals surface area contributed by atoms with E-state index < -0.39 is 29.5 Å². The van der Waals surface area contributed by atoms with Crippen LogP contribution < -0.4 is 5.73 Å². The van der Waals surface area contributed by atoms with Crippen molar-refractivity contribution in [3.05, 3.63) is 34.9 Å². The maximum Gasteiger partial charge on any atom is 0.416 e. The predicted molar refractivity (Wildman–Crippen MR) is 56.1 cm³/mol. The molecule has 1 nitrogen and oxygen atoms in total. The zero-order chi connectivity index (χ0) is 14.4. The molecule has 1 saturated carbocycles. The Morgan fingerprint density at radius 1 is 0.895 bits per heavy atom. The molecular weight excluding hydrogens is 272 g/mol. The molecule has 0 radical (unpaired) electrons. The molecule has 2 N–H and O–H groups in total. The molecule has 19 heavy (non-hydrogen) atoms. The van der Waals surface area contributed by atoms with Crippen LogP contribution in [0.2, 0.25) is 0 Å². The maximum atomic E-state index is 12.6. The number of halogens is 6. The summed E-state index contributed by atoms with van der Waals surface area (Å²) in [5, 5.41) is 0. The Kier molecular flexibility index (Phi) is 3.28. The van der Waals surface area contributed by atoms with Crippen LogP contribution in [-0.2, 0) is 12.4 Å². The van der Waals surface area contributed by atoms with Crippen molar-refractivity contribution in [3.63, 3.8) is 0 Å². The van der Waals surface area contributed by atoms with Gasteiger partial charge in [-0.1, -0.05) is 0 Å². The van der Waals surface area contributed by atoms with E-state index in [0.717, 1.165) is 12.8 Å². The average Bonchev–Trinajstić information content (AvgIpc) is 3.09. The molecule has 0 bridgehead atoms. The summed E-state index contributed by atoms with van der Waals surface area (Å²) in [6.45, 7) is 0. The third-order valence-electron chi connectivity index (χ3n) is 3.12. The molecule has 0 unspecified atom stereocenters. The normalized spacial score (nSPS) is 18.5. The maximum absolute atomic E-state index is 12.6. The van der Waals surface area contributed by atoms with Gasteiger partial charge in [-0.05, 0) is 42.5 Å². The highest BCUT2D eigenvalue weighted by molar-refractivity contribution is 5.35. The molecular formula is C12H11F6N. The van der Waals surface area contributed by atoms with Crippen LogP contribution >= 0.6 is 0 Å². The van der Waals surface area contributed by atoms with Gasteiger partial charge in [0.1, 0.15) is 0 Å². The first-order chi connectivity index (χ1) is 8.59. The van der Waals surface area contributed by atoms with Gasteiger partial charge in [0.25, 0.3) is 0 Å². The number of nitrogens with two attached hydrogens (primary N) is 1. The van der Waals surface area contributed by atoms with Crippen LogP contribution in [0.5, 0.6) is 0 Å². The van der Waals surface area contributed by atoms with Crippen molar-refractivity contribution >= 4 is 0 Å². The fourth-order valence-electron chi connectivity index (χ4n) is 1.90. The highest BCUT2D eigenvalue weighted by atomic mass is 19.4. The molecule has 0 aromatic heterocycles. The van der Waals surface area contributed by atoms with Gasteiger partial charge in [-0.25, -0.2) is 0 Å². The van der Waals surface area contributed by atoms with Crippen molar-refractivity contribution in [3.8, 4) is 0 Å². The zero-order valence-electron chi connectivity index (χ0n) is 9.65. The fraction of sp³-hybridized carbons (Fsp3) is 0.500. The fourth-order valence-corrected chi connectivity index (χ4v) is 1.90. The lowest BCUT2D eigenvalue weighted by Gasteiger charge is -2.17. The SMILES string of the molecule is N[C@H](c1cc(C(F)(F)F)cc(C(F)(F)F)c1)C1CC1. The number of hydrogen-bond acceptors (Lipinski definition) is 1. The van der Waals surface area contributed by atoms with E-state index in [1.807, 2.05) is 0 Å². The molecule has 0 amide bonds. The van der Waals surface area contributed by atoms with Gasteiger partial charge in [-0.3, -0.25) is 0 Å². The minimum Gasteiger partial charge on any atom is -0.324 e. The number of benzene rings is 1. The van der Waals surface area contributed by atoms with Gasteiger partial charge in [-0.15, -0.1) is 0 Å². The van der Waals surface area contributed by atoms with Crippen LogP contribution in [0, 0.1) is 5.92 Å². The molecule has 0 spiro atoms. The summed E-state index contributed by atoms with van der Waals surface area (Å²) in [4.78, 5) is 0. The van der Waals surface area contributed by atoms with E-state index in [0.29, 0.717) is 12.1 Å². The lowest BCUT2D eigenvalue weighted by atomic mass is 9.97. The minimum absolute atomic E-state index is 0.0235. The summed E-state index contributed by atoms with van der Waals surface area (Å²) in [6, 6.07) is 0.753. The Bertz CT molecular complexity index is 440. The molecule has 0 saturated heterocycles. The quantitative estimate of drug-likeness (QED) is 0.811. The molecule has 106 valence electrons. The van der Waals surface area contributed by atoms with Crippen LogP contribution in [-0.4, -0.2) is 0 Å². The van der Waals surface area contributed by atoms with E-state index in [-0.39, 0.29) is 17.5 Å². The molecule has 1 aromatic rings. The van der Waals surface area contributed by atoms with Gasteiger partial charge >= 0.3 is 12.4 Å². The third kappa shape index (κ3) is 3.20. The molecule has 1 aromatic carbocycles. The first kappa shape index (κ1) is 14.2. The van der Waals surface area contributed by atoms with Crippen LogP contribution in [0.4, 0.5) is 26.3 Å². The summed E-state index contributed by atoms with van der Waals surface area (Å²) >= 11 is 0. The zero-order valence-corrected chi connectivity index (χ0v) is 9.65. The second-order valence-electron chi connectivity index (χ2n) is 4.70. The minimum atomic E-state index is -4.82. The smallest absolute Gasteiger partial charge is 0.324 e. The van der Waals surface area contributed by atoms with Crippen LogP contribution in [0.1, 0.15) is 35.6 Å². The second kappa shape index (κ2) is 4.40. The predicted octanol–water partition coefficient (Wildman–Crippen LogP) is 4.13. The van der Waals surface area contributed by atoms with E-state index in [1.165, 1.54) is 0 Å². The molecule has 2 rings (SSSR count). The van der Waals surface area contributed by atoms with Gasteiger partial charge < -0.3 is 5.73 Å². The van der Waals surface area contributed by atoms with E-state index in [1.54, 1.807) is 0 Å². The van der Waals surface area contributed by atoms with Gasteiger partial charge in [-0.2, -0.15) is 26.3 Å². The first-order valence-corrected chi connectivity index (χ1v) is 5.64. The summed E-state index contributed by atoms with van der Waals surface area (Å²) in [7, 11) is 0. The summed E-state index contributed by atoms with van der Waals surface area (Å²) in [6.07, 6.45) is -8.17. The van der Waals surface area contributed by atoms with Crippen molar-refractivity contribution < 1.29 is 26.3 Å². The summed E-state index contributed by atoms with van der Waals surface area (Å²) < 4.78 is 75.6. The van der Waals surface area contributed by atoms with Gasteiger partial charge in [0.2, 0.25) is 0 Å². The largest absolute Gasteiger partial charge is 0.416 e. The lowest BCUT2D eigenvalue weighted by Crippen LogP contribution is -2.17. The molecule has 0 aliphatic heterocycles. The highest BCUT2D eigenvalue weighted by Crippen LogP contribution is 2.42. The van der Waals surface area contributed by atoms with Gasteiger partial charge in [0.05, 0.1) is 11.1 Å². The van der Waals surface area contributed by atoms with E-state index in [9.17, 15) is 26.3 Å². The molecule has 1 fully saturated rings. The Labute approximate surface area is 105 Å². The van der Waals surface area contributed by atoms with E-state index in [2.05, 4.69) is 0 Å². The standard InChI is InChI=1S/C12H11F6N/c13-11(14,15)8-3-7(10(19)6-1-2-6)4-9(5-8)12(16,17)18/h3-6,10H,1-2,19H2/t10-/m0/s1. The Morgan fingerprint density at radius 2 is 1.32 bits per heavy atom. The van der Waals surface area contributed by atoms with E-state index in [4.69, 9.17) is 5.73 Å². The molecule has 1 atom stereocenters. The Morgan fingerprint density at radius 3 is 1.63 bits per heavy atom.